The van der Waals surface area contributed by atoms with Gasteiger partial charge in [-0.15, -0.1) is 0 Å². The number of nitrogens with one attached hydrogen (secondary N) is 2. The highest BCUT2D eigenvalue weighted by Gasteiger charge is 2.16. The highest BCUT2D eigenvalue weighted by molar-refractivity contribution is 5.64. The summed E-state index contributed by atoms with van der Waals surface area (Å²) in [6.45, 7) is 0. The number of para-hydroxylation sites is 2. The summed E-state index contributed by atoms with van der Waals surface area (Å²) < 4.78 is 5.19. The number of anilines is 3. The van der Waals surface area contributed by atoms with Crippen molar-refractivity contribution in [2.45, 2.75) is 0 Å². The molecule has 1 heterocycles. The van der Waals surface area contributed by atoms with Gasteiger partial charge in [-0.2, -0.15) is 4.98 Å². The maximum atomic E-state index is 10.8. The highest BCUT2D eigenvalue weighted by Crippen LogP contribution is 2.27. The van der Waals surface area contributed by atoms with Crippen LogP contribution < -0.4 is 15.4 Å². The SMILES string of the molecule is CNc1nc(Nc2ccccc2OC)ncc1[N+](=O)[O-]. The Kier molecular flexibility index (Phi) is 3.94. The summed E-state index contributed by atoms with van der Waals surface area (Å²) in [5.74, 6) is 1.01. The van der Waals surface area contributed by atoms with E-state index >= 15 is 0 Å². The number of hydrogen-bond donors (Lipinski definition) is 2. The molecule has 0 unspecified atom stereocenters. The van der Waals surface area contributed by atoms with Crippen molar-refractivity contribution < 1.29 is 9.66 Å². The normalized spacial score (nSPS) is 9.90. The van der Waals surface area contributed by atoms with Crippen LogP contribution in [-0.2, 0) is 0 Å². The number of benzene rings is 1. The fraction of sp³-hybridized carbons (Fsp3) is 0.167. The second kappa shape index (κ2) is 5.83. The number of nitrogens with zero attached hydrogens (tertiary/aromatic N) is 3. The molecule has 0 aliphatic carbocycles. The molecule has 0 atom stereocenters. The summed E-state index contributed by atoms with van der Waals surface area (Å²) in [7, 11) is 3.11. The molecule has 8 heteroatoms. The van der Waals surface area contributed by atoms with Gasteiger partial charge < -0.3 is 15.4 Å². The molecule has 0 radical (unpaired) electrons. The van der Waals surface area contributed by atoms with Crippen molar-refractivity contribution in [3.8, 4) is 5.75 Å². The maximum absolute atomic E-state index is 10.8. The molecule has 2 rings (SSSR count). The predicted molar refractivity (Wildman–Crippen MR) is 74.5 cm³/mol. The van der Waals surface area contributed by atoms with Crippen molar-refractivity contribution in [2.75, 3.05) is 24.8 Å². The number of methoxy groups -OCH3 is 1. The van der Waals surface area contributed by atoms with Gasteiger partial charge in [-0.3, -0.25) is 10.1 Å². The number of ether oxygens (including phenoxy) is 1. The Morgan fingerprint density at radius 3 is 2.75 bits per heavy atom. The van der Waals surface area contributed by atoms with Gasteiger partial charge in [-0.05, 0) is 12.1 Å². The van der Waals surface area contributed by atoms with Crippen LogP contribution >= 0.6 is 0 Å². The lowest BCUT2D eigenvalue weighted by Gasteiger charge is -2.10. The van der Waals surface area contributed by atoms with E-state index in [0.717, 1.165) is 6.20 Å². The molecule has 2 aromatic rings. The largest absolute Gasteiger partial charge is 0.495 e. The second-order valence-corrected chi connectivity index (χ2v) is 3.76. The first-order chi connectivity index (χ1) is 9.65. The number of rotatable bonds is 5. The van der Waals surface area contributed by atoms with Crippen molar-refractivity contribution >= 4 is 23.1 Å². The van der Waals surface area contributed by atoms with Crippen LogP contribution in [0.3, 0.4) is 0 Å². The van der Waals surface area contributed by atoms with Crippen LogP contribution in [-0.4, -0.2) is 29.0 Å². The zero-order valence-corrected chi connectivity index (χ0v) is 11.0. The van der Waals surface area contributed by atoms with E-state index in [0.29, 0.717) is 11.4 Å². The highest BCUT2D eigenvalue weighted by atomic mass is 16.6. The molecule has 1 aromatic carbocycles. The molecular weight excluding hydrogens is 262 g/mol. The third kappa shape index (κ3) is 2.74. The Labute approximate surface area is 115 Å². The molecule has 0 bridgehead atoms. The van der Waals surface area contributed by atoms with E-state index in [4.69, 9.17) is 4.74 Å². The molecule has 20 heavy (non-hydrogen) atoms. The van der Waals surface area contributed by atoms with E-state index in [1.54, 1.807) is 26.3 Å². The van der Waals surface area contributed by atoms with Crippen LogP contribution in [0.5, 0.6) is 5.75 Å². The van der Waals surface area contributed by atoms with E-state index in [-0.39, 0.29) is 17.5 Å². The van der Waals surface area contributed by atoms with Gasteiger partial charge in [0.25, 0.3) is 0 Å². The van der Waals surface area contributed by atoms with Gasteiger partial charge in [-0.25, -0.2) is 4.98 Å². The smallest absolute Gasteiger partial charge is 0.329 e. The van der Waals surface area contributed by atoms with Crippen molar-refractivity contribution in [2.24, 2.45) is 0 Å². The summed E-state index contributed by atoms with van der Waals surface area (Å²) in [4.78, 5) is 18.2. The van der Waals surface area contributed by atoms with Gasteiger partial charge in [0.05, 0.1) is 17.7 Å². The first kappa shape index (κ1) is 13.5. The van der Waals surface area contributed by atoms with E-state index < -0.39 is 4.92 Å². The van der Waals surface area contributed by atoms with Crippen molar-refractivity contribution in [3.05, 3.63) is 40.6 Å². The second-order valence-electron chi connectivity index (χ2n) is 3.76. The third-order valence-electron chi connectivity index (χ3n) is 2.56. The lowest BCUT2D eigenvalue weighted by molar-refractivity contribution is -0.384. The Balaban J connectivity index is 2.32. The average molecular weight is 275 g/mol. The molecule has 0 fully saturated rings. The zero-order valence-electron chi connectivity index (χ0n) is 11.0. The minimum atomic E-state index is -0.543. The van der Waals surface area contributed by atoms with E-state index in [1.807, 2.05) is 12.1 Å². The first-order valence-electron chi connectivity index (χ1n) is 5.75. The minimum absolute atomic E-state index is 0.141. The first-order valence-corrected chi connectivity index (χ1v) is 5.75. The average Bonchev–Trinajstić information content (AvgIpc) is 2.47. The van der Waals surface area contributed by atoms with Gasteiger partial charge in [-0.1, -0.05) is 12.1 Å². The Bertz CT molecular complexity index is 632. The molecule has 104 valence electrons. The van der Waals surface area contributed by atoms with Gasteiger partial charge in [0.1, 0.15) is 11.9 Å². The van der Waals surface area contributed by atoms with Gasteiger partial charge in [0.15, 0.2) is 0 Å². The molecule has 0 spiro atoms. The summed E-state index contributed by atoms with van der Waals surface area (Å²) in [6.07, 6.45) is 1.15. The Morgan fingerprint density at radius 1 is 1.35 bits per heavy atom. The summed E-state index contributed by atoms with van der Waals surface area (Å²) in [5, 5.41) is 16.4. The molecule has 2 N–H and O–H groups in total. The Morgan fingerprint density at radius 2 is 2.10 bits per heavy atom. The van der Waals surface area contributed by atoms with E-state index in [9.17, 15) is 10.1 Å². The van der Waals surface area contributed by atoms with Crippen LogP contribution in [0.25, 0.3) is 0 Å². The van der Waals surface area contributed by atoms with Crippen molar-refractivity contribution in [3.63, 3.8) is 0 Å². The van der Waals surface area contributed by atoms with Crippen molar-refractivity contribution in [1.82, 2.24) is 9.97 Å². The molecule has 0 amide bonds. The molecule has 0 aliphatic rings. The fourth-order valence-corrected chi connectivity index (χ4v) is 1.62. The number of nitro groups is 1. The maximum Gasteiger partial charge on any atom is 0.329 e. The lowest BCUT2D eigenvalue weighted by atomic mass is 10.3. The predicted octanol–water partition coefficient (Wildman–Crippen LogP) is 2.18. The Hall–Kier alpha value is -2.90. The molecule has 0 saturated carbocycles. The van der Waals surface area contributed by atoms with Gasteiger partial charge >= 0.3 is 5.69 Å². The zero-order chi connectivity index (χ0) is 14.5. The van der Waals surface area contributed by atoms with Gasteiger partial charge in [0, 0.05) is 7.05 Å². The molecule has 0 aliphatic heterocycles. The fourth-order valence-electron chi connectivity index (χ4n) is 1.62. The summed E-state index contributed by atoms with van der Waals surface area (Å²) in [5.41, 5.74) is 0.490. The minimum Gasteiger partial charge on any atom is -0.495 e. The molecule has 8 nitrogen and oxygen atoms in total. The molecular formula is C12H13N5O3. The molecule has 0 saturated heterocycles. The summed E-state index contributed by atoms with van der Waals surface area (Å²) >= 11 is 0. The van der Waals surface area contributed by atoms with E-state index in [1.165, 1.54) is 0 Å². The number of hydrogen-bond acceptors (Lipinski definition) is 7. The topological polar surface area (TPSA) is 102 Å². The van der Waals surface area contributed by atoms with Crippen LogP contribution in [0.15, 0.2) is 30.5 Å². The third-order valence-corrected chi connectivity index (χ3v) is 2.56. The van der Waals surface area contributed by atoms with Crippen LogP contribution in [0.2, 0.25) is 0 Å². The van der Waals surface area contributed by atoms with E-state index in [2.05, 4.69) is 20.6 Å². The lowest BCUT2D eigenvalue weighted by Crippen LogP contribution is -2.04. The summed E-state index contributed by atoms with van der Waals surface area (Å²) in [6, 6.07) is 7.24. The van der Waals surface area contributed by atoms with Gasteiger partial charge in [0.2, 0.25) is 11.8 Å². The van der Waals surface area contributed by atoms with Crippen molar-refractivity contribution in [1.29, 1.82) is 0 Å². The number of aromatic nitrogens is 2. The standard InChI is InChI=1S/C12H13N5O3/c1-13-11-9(17(18)19)7-14-12(16-11)15-8-5-3-4-6-10(8)20-2/h3-7H,1-2H3,(H2,13,14,15,16). The van der Waals surface area contributed by atoms with Crippen LogP contribution in [0.1, 0.15) is 0 Å². The quantitative estimate of drug-likeness (QED) is 0.636. The monoisotopic (exact) mass is 275 g/mol. The van der Waals surface area contributed by atoms with Crippen LogP contribution in [0, 0.1) is 10.1 Å². The molecule has 1 aromatic heterocycles. The van der Waals surface area contributed by atoms with Crippen LogP contribution in [0.4, 0.5) is 23.1 Å².